The number of aliphatic hydroxyl groups excluding tert-OH is 1. The molecular formula is C18H27N3O2S2. The van der Waals surface area contributed by atoms with E-state index in [-0.39, 0.29) is 12.2 Å². The summed E-state index contributed by atoms with van der Waals surface area (Å²) >= 11 is 3.44. The molecule has 25 heavy (non-hydrogen) atoms. The number of rotatable bonds is 8. The van der Waals surface area contributed by atoms with Gasteiger partial charge < -0.3 is 15.2 Å². The van der Waals surface area contributed by atoms with Crippen LogP contribution in [0.3, 0.4) is 0 Å². The molecule has 3 heterocycles. The molecule has 2 aromatic heterocycles. The number of anilines is 1. The summed E-state index contributed by atoms with van der Waals surface area (Å²) in [5, 5.41) is 14.5. The summed E-state index contributed by atoms with van der Waals surface area (Å²) in [4.78, 5) is 11.9. The second-order valence-corrected chi connectivity index (χ2v) is 8.81. The van der Waals surface area contributed by atoms with Gasteiger partial charge in [0.05, 0.1) is 17.6 Å². The van der Waals surface area contributed by atoms with Gasteiger partial charge in [-0.05, 0) is 31.7 Å². The zero-order valence-corrected chi connectivity index (χ0v) is 16.9. The molecule has 0 fully saturated rings. The lowest BCUT2D eigenvalue weighted by Gasteiger charge is -2.33. The molecule has 2 aromatic rings. The number of aliphatic hydroxyl groups is 1. The van der Waals surface area contributed by atoms with Crippen LogP contribution in [-0.4, -0.2) is 39.6 Å². The summed E-state index contributed by atoms with van der Waals surface area (Å²) in [7, 11) is 0. The van der Waals surface area contributed by atoms with Gasteiger partial charge in [-0.2, -0.15) is 0 Å². The molecule has 1 aliphatic heterocycles. The number of hydrogen-bond acceptors (Lipinski definition) is 7. The zero-order valence-electron chi connectivity index (χ0n) is 15.2. The molecule has 0 radical (unpaired) electrons. The van der Waals surface area contributed by atoms with E-state index in [1.54, 1.807) is 23.1 Å². The van der Waals surface area contributed by atoms with E-state index in [0.717, 1.165) is 46.2 Å². The SMILES string of the molecule is CCCSc1nc(NCCCO)c2c3c(sc2n1)COC(C)(CC)C3. The molecule has 5 nitrogen and oxygen atoms in total. The number of fused-ring (bicyclic) bond motifs is 3. The third kappa shape index (κ3) is 4.10. The second kappa shape index (κ2) is 8.20. The lowest BCUT2D eigenvalue weighted by Crippen LogP contribution is -2.34. The molecule has 1 unspecified atom stereocenters. The van der Waals surface area contributed by atoms with E-state index in [0.29, 0.717) is 19.6 Å². The summed E-state index contributed by atoms with van der Waals surface area (Å²) in [5.41, 5.74) is 1.23. The van der Waals surface area contributed by atoms with Crippen molar-refractivity contribution in [2.45, 2.75) is 63.8 Å². The molecule has 0 saturated heterocycles. The van der Waals surface area contributed by atoms with Crippen LogP contribution < -0.4 is 5.32 Å². The molecule has 0 saturated carbocycles. The fourth-order valence-electron chi connectivity index (χ4n) is 2.95. The van der Waals surface area contributed by atoms with Gasteiger partial charge in [0.1, 0.15) is 10.6 Å². The highest BCUT2D eigenvalue weighted by Crippen LogP contribution is 2.42. The topological polar surface area (TPSA) is 67.3 Å². The van der Waals surface area contributed by atoms with Gasteiger partial charge in [0.2, 0.25) is 0 Å². The number of ether oxygens (including phenoxy) is 1. The Morgan fingerprint density at radius 1 is 1.36 bits per heavy atom. The number of thiophene rings is 1. The summed E-state index contributed by atoms with van der Waals surface area (Å²) in [6, 6.07) is 0. The first-order chi connectivity index (χ1) is 12.1. The molecular weight excluding hydrogens is 354 g/mol. The van der Waals surface area contributed by atoms with Crippen molar-refractivity contribution in [1.82, 2.24) is 9.97 Å². The second-order valence-electron chi connectivity index (χ2n) is 6.66. The third-order valence-electron chi connectivity index (χ3n) is 4.63. The number of nitrogens with zero attached hydrogens (tertiary/aromatic N) is 2. The molecule has 0 amide bonds. The highest BCUT2D eigenvalue weighted by Gasteiger charge is 2.33. The van der Waals surface area contributed by atoms with Crippen molar-refractivity contribution in [3.05, 3.63) is 10.4 Å². The third-order valence-corrected chi connectivity index (χ3v) is 6.78. The van der Waals surface area contributed by atoms with E-state index in [1.807, 2.05) is 0 Å². The Morgan fingerprint density at radius 2 is 2.20 bits per heavy atom. The van der Waals surface area contributed by atoms with Crippen LogP contribution in [0.4, 0.5) is 5.82 Å². The minimum atomic E-state index is -0.112. The van der Waals surface area contributed by atoms with Gasteiger partial charge in [-0.1, -0.05) is 25.6 Å². The van der Waals surface area contributed by atoms with Crippen LogP contribution in [0, 0.1) is 0 Å². The maximum Gasteiger partial charge on any atom is 0.190 e. The van der Waals surface area contributed by atoms with Crippen LogP contribution in [0.15, 0.2) is 5.16 Å². The van der Waals surface area contributed by atoms with Gasteiger partial charge >= 0.3 is 0 Å². The Balaban J connectivity index is 2.03. The first-order valence-corrected chi connectivity index (χ1v) is 10.8. The Kier molecular flexibility index (Phi) is 6.20. The number of nitrogens with one attached hydrogen (secondary N) is 1. The van der Waals surface area contributed by atoms with Crippen molar-refractivity contribution in [2.24, 2.45) is 0 Å². The number of aromatic nitrogens is 2. The van der Waals surface area contributed by atoms with Crippen LogP contribution in [0.25, 0.3) is 10.2 Å². The smallest absolute Gasteiger partial charge is 0.190 e. The van der Waals surface area contributed by atoms with Crippen molar-refractivity contribution < 1.29 is 9.84 Å². The van der Waals surface area contributed by atoms with Crippen molar-refractivity contribution in [3.8, 4) is 0 Å². The summed E-state index contributed by atoms with van der Waals surface area (Å²) < 4.78 is 6.11. The standard InChI is InChI=1S/C18H27N3O2S2/c1-4-9-24-17-20-15(19-7-6-8-22)14-12-10-18(3,5-2)23-11-13(12)25-16(14)21-17/h22H,4-11H2,1-3H3,(H,19,20,21). The fraction of sp³-hybridized carbons (Fsp3) is 0.667. The molecule has 1 atom stereocenters. The minimum absolute atomic E-state index is 0.112. The van der Waals surface area contributed by atoms with Crippen molar-refractivity contribution in [3.63, 3.8) is 0 Å². The molecule has 3 rings (SSSR count). The lowest BCUT2D eigenvalue weighted by atomic mass is 9.90. The van der Waals surface area contributed by atoms with Gasteiger partial charge in [-0.3, -0.25) is 0 Å². The van der Waals surface area contributed by atoms with Gasteiger partial charge in [0, 0.05) is 30.2 Å². The zero-order chi connectivity index (χ0) is 17.9. The lowest BCUT2D eigenvalue weighted by molar-refractivity contribution is -0.0542. The Hall–Kier alpha value is -0.890. The fourth-order valence-corrected chi connectivity index (χ4v) is 4.81. The predicted octanol–water partition coefficient (Wildman–Crippen LogP) is 4.23. The van der Waals surface area contributed by atoms with Crippen LogP contribution in [-0.2, 0) is 17.8 Å². The average Bonchev–Trinajstić information content (AvgIpc) is 2.97. The molecule has 138 valence electrons. The van der Waals surface area contributed by atoms with Gasteiger partial charge in [-0.15, -0.1) is 11.3 Å². The van der Waals surface area contributed by atoms with Crippen LogP contribution in [0.1, 0.15) is 50.5 Å². The van der Waals surface area contributed by atoms with E-state index in [9.17, 15) is 0 Å². The minimum Gasteiger partial charge on any atom is -0.396 e. The van der Waals surface area contributed by atoms with E-state index >= 15 is 0 Å². The Labute approximate surface area is 157 Å². The van der Waals surface area contributed by atoms with Gasteiger partial charge in [0.15, 0.2) is 5.16 Å². The Bertz CT molecular complexity index is 735. The van der Waals surface area contributed by atoms with Crippen LogP contribution >= 0.6 is 23.1 Å². The van der Waals surface area contributed by atoms with Crippen molar-refractivity contribution in [2.75, 3.05) is 24.2 Å². The quantitative estimate of drug-likeness (QED) is 0.405. The average molecular weight is 382 g/mol. The summed E-state index contributed by atoms with van der Waals surface area (Å²) in [5.74, 6) is 1.93. The maximum atomic E-state index is 9.09. The Morgan fingerprint density at radius 3 is 2.92 bits per heavy atom. The van der Waals surface area contributed by atoms with E-state index in [2.05, 4.69) is 26.1 Å². The molecule has 0 bridgehead atoms. The number of thioether (sulfide) groups is 1. The highest BCUT2D eigenvalue weighted by molar-refractivity contribution is 7.99. The molecule has 0 spiro atoms. The summed E-state index contributed by atoms with van der Waals surface area (Å²) in [6.07, 6.45) is 3.70. The maximum absolute atomic E-state index is 9.09. The monoisotopic (exact) mass is 381 g/mol. The largest absolute Gasteiger partial charge is 0.396 e. The highest BCUT2D eigenvalue weighted by atomic mass is 32.2. The van der Waals surface area contributed by atoms with Crippen LogP contribution in [0.2, 0.25) is 0 Å². The van der Waals surface area contributed by atoms with E-state index < -0.39 is 0 Å². The van der Waals surface area contributed by atoms with Gasteiger partial charge in [-0.25, -0.2) is 9.97 Å². The van der Waals surface area contributed by atoms with Crippen molar-refractivity contribution >= 4 is 39.1 Å². The van der Waals surface area contributed by atoms with Crippen molar-refractivity contribution in [1.29, 1.82) is 0 Å². The molecule has 1 aliphatic rings. The molecule has 0 aliphatic carbocycles. The van der Waals surface area contributed by atoms with E-state index in [4.69, 9.17) is 19.8 Å². The first kappa shape index (κ1) is 18.9. The molecule has 0 aromatic carbocycles. The summed E-state index contributed by atoms with van der Waals surface area (Å²) in [6.45, 7) is 8.09. The molecule has 7 heteroatoms. The van der Waals surface area contributed by atoms with E-state index in [1.165, 1.54) is 10.4 Å². The van der Waals surface area contributed by atoms with Gasteiger partial charge in [0.25, 0.3) is 0 Å². The predicted molar refractivity (Wildman–Crippen MR) is 106 cm³/mol. The van der Waals surface area contributed by atoms with Crippen LogP contribution in [0.5, 0.6) is 0 Å². The normalized spacial score (nSPS) is 20.0. The first-order valence-electron chi connectivity index (χ1n) is 9.04. The number of hydrogen-bond donors (Lipinski definition) is 2. The molecule has 2 N–H and O–H groups in total.